The summed E-state index contributed by atoms with van der Waals surface area (Å²) in [6, 6.07) is 9.45. The number of carbonyl (C=O) groups excluding carboxylic acids is 1. The molecule has 114 valence electrons. The van der Waals surface area contributed by atoms with E-state index in [0.717, 1.165) is 35.6 Å². The van der Waals surface area contributed by atoms with Gasteiger partial charge in [-0.1, -0.05) is 18.2 Å². The number of amides is 1. The molecule has 5 nitrogen and oxygen atoms in total. The predicted molar refractivity (Wildman–Crippen MR) is 86.1 cm³/mol. The minimum atomic E-state index is 0.104. The van der Waals surface area contributed by atoms with Crippen molar-refractivity contribution in [2.75, 3.05) is 31.1 Å². The van der Waals surface area contributed by atoms with Crippen molar-refractivity contribution in [3.05, 3.63) is 53.2 Å². The lowest BCUT2D eigenvalue weighted by Gasteiger charge is -2.36. The summed E-state index contributed by atoms with van der Waals surface area (Å²) < 4.78 is 0. The van der Waals surface area contributed by atoms with Gasteiger partial charge >= 0.3 is 0 Å². The molecule has 0 aliphatic carbocycles. The van der Waals surface area contributed by atoms with Crippen molar-refractivity contribution in [1.29, 1.82) is 0 Å². The molecule has 0 bridgehead atoms. The third-order valence-electron chi connectivity index (χ3n) is 4.22. The minimum Gasteiger partial charge on any atom is -0.351 e. The Morgan fingerprint density at radius 1 is 1.05 bits per heavy atom. The quantitative estimate of drug-likeness (QED) is 0.851. The minimum absolute atomic E-state index is 0.104. The molecule has 22 heavy (non-hydrogen) atoms. The van der Waals surface area contributed by atoms with Gasteiger partial charge in [-0.25, -0.2) is 0 Å². The lowest BCUT2D eigenvalue weighted by atomic mass is 10.1. The van der Waals surface area contributed by atoms with Crippen molar-refractivity contribution < 1.29 is 4.79 Å². The molecule has 1 aliphatic rings. The standard InChI is InChI=1S/C17H20N4O/c1-13-12-18-19-16(14(13)2)20-8-10-21(11-9-20)17(22)15-6-4-3-5-7-15/h3-7,12H,8-11H2,1-2H3. The van der Waals surface area contributed by atoms with E-state index in [-0.39, 0.29) is 5.91 Å². The van der Waals surface area contributed by atoms with Crippen molar-refractivity contribution >= 4 is 11.7 Å². The fourth-order valence-corrected chi connectivity index (χ4v) is 2.70. The van der Waals surface area contributed by atoms with Crippen LogP contribution in [0.25, 0.3) is 0 Å². The Hall–Kier alpha value is -2.43. The number of carbonyl (C=O) groups is 1. The summed E-state index contributed by atoms with van der Waals surface area (Å²) in [5.41, 5.74) is 3.06. The van der Waals surface area contributed by atoms with Gasteiger partial charge in [0.15, 0.2) is 5.82 Å². The summed E-state index contributed by atoms with van der Waals surface area (Å²) >= 11 is 0. The van der Waals surface area contributed by atoms with Crippen molar-refractivity contribution in [3.63, 3.8) is 0 Å². The summed E-state index contributed by atoms with van der Waals surface area (Å²) in [6.07, 6.45) is 1.79. The fourth-order valence-electron chi connectivity index (χ4n) is 2.70. The van der Waals surface area contributed by atoms with Gasteiger partial charge in [-0.3, -0.25) is 4.79 Å². The van der Waals surface area contributed by atoms with Crippen LogP contribution in [-0.2, 0) is 0 Å². The lowest BCUT2D eigenvalue weighted by Crippen LogP contribution is -2.49. The van der Waals surface area contributed by atoms with Crippen LogP contribution < -0.4 is 4.90 Å². The van der Waals surface area contributed by atoms with E-state index in [9.17, 15) is 4.79 Å². The van der Waals surface area contributed by atoms with E-state index >= 15 is 0 Å². The molecule has 0 N–H and O–H groups in total. The average molecular weight is 296 g/mol. The first-order valence-corrected chi connectivity index (χ1v) is 7.55. The number of piperazine rings is 1. The number of aromatic nitrogens is 2. The van der Waals surface area contributed by atoms with Crippen LogP contribution in [0.3, 0.4) is 0 Å². The van der Waals surface area contributed by atoms with Gasteiger partial charge in [0.05, 0.1) is 6.20 Å². The molecule has 1 aromatic heterocycles. The van der Waals surface area contributed by atoms with Crippen LogP contribution in [-0.4, -0.2) is 47.2 Å². The third kappa shape index (κ3) is 2.79. The molecule has 0 saturated carbocycles. The first kappa shape index (κ1) is 14.5. The Labute approximate surface area is 130 Å². The summed E-state index contributed by atoms with van der Waals surface area (Å²) in [7, 11) is 0. The van der Waals surface area contributed by atoms with Crippen molar-refractivity contribution in [1.82, 2.24) is 15.1 Å². The number of anilines is 1. The second-order valence-corrected chi connectivity index (χ2v) is 5.62. The summed E-state index contributed by atoms with van der Waals surface area (Å²) in [5.74, 6) is 1.04. The molecule has 5 heteroatoms. The molecule has 2 heterocycles. The molecular formula is C17H20N4O. The zero-order valence-corrected chi connectivity index (χ0v) is 13.0. The van der Waals surface area contributed by atoms with E-state index in [0.29, 0.717) is 13.1 Å². The Morgan fingerprint density at radius 3 is 2.41 bits per heavy atom. The highest BCUT2D eigenvalue weighted by molar-refractivity contribution is 5.94. The average Bonchev–Trinajstić information content (AvgIpc) is 2.58. The Bertz CT molecular complexity index is 664. The van der Waals surface area contributed by atoms with Crippen LogP contribution in [0, 0.1) is 13.8 Å². The maximum absolute atomic E-state index is 12.4. The summed E-state index contributed by atoms with van der Waals surface area (Å²) in [6.45, 7) is 7.12. The highest BCUT2D eigenvalue weighted by atomic mass is 16.2. The normalized spacial score (nSPS) is 15.0. The molecule has 1 aromatic carbocycles. The Morgan fingerprint density at radius 2 is 1.73 bits per heavy atom. The summed E-state index contributed by atoms with van der Waals surface area (Å²) in [4.78, 5) is 16.6. The van der Waals surface area contributed by atoms with Crippen molar-refractivity contribution in [2.45, 2.75) is 13.8 Å². The van der Waals surface area contributed by atoms with Gasteiger partial charge in [-0.2, -0.15) is 5.10 Å². The van der Waals surface area contributed by atoms with Gasteiger partial charge in [-0.05, 0) is 37.1 Å². The molecule has 1 saturated heterocycles. The first-order chi connectivity index (χ1) is 10.7. The van der Waals surface area contributed by atoms with Gasteiger partial charge in [-0.15, -0.1) is 5.10 Å². The smallest absolute Gasteiger partial charge is 0.253 e. The number of aryl methyl sites for hydroxylation is 1. The number of rotatable bonds is 2. The van der Waals surface area contributed by atoms with Gasteiger partial charge in [0.1, 0.15) is 0 Å². The second-order valence-electron chi connectivity index (χ2n) is 5.62. The number of benzene rings is 1. The monoisotopic (exact) mass is 296 g/mol. The van der Waals surface area contributed by atoms with Crippen LogP contribution in [0.5, 0.6) is 0 Å². The van der Waals surface area contributed by atoms with Gasteiger partial charge in [0.2, 0.25) is 0 Å². The van der Waals surface area contributed by atoms with E-state index in [2.05, 4.69) is 22.0 Å². The van der Waals surface area contributed by atoms with Crippen LogP contribution in [0.15, 0.2) is 36.5 Å². The number of hydrogen-bond donors (Lipinski definition) is 0. The molecule has 0 spiro atoms. The molecule has 0 atom stereocenters. The van der Waals surface area contributed by atoms with Crippen LogP contribution >= 0.6 is 0 Å². The van der Waals surface area contributed by atoms with E-state index in [4.69, 9.17) is 0 Å². The zero-order chi connectivity index (χ0) is 15.5. The maximum Gasteiger partial charge on any atom is 0.253 e. The lowest BCUT2D eigenvalue weighted by molar-refractivity contribution is 0.0746. The zero-order valence-electron chi connectivity index (χ0n) is 13.0. The molecular weight excluding hydrogens is 276 g/mol. The highest BCUT2D eigenvalue weighted by Crippen LogP contribution is 2.20. The van der Waals surface area contributed by atoms with Crippen LogP contribution in [0.2, 0.25) is 0 Å². The Balaban J connectivity index is 1.68. The summed E-state index contributed by atoms with van der Waals surface area (Å²) in [5, 5.41) is 8.31. The molecule has 1 aliphatic heterocycles. The maximum atomic E-state index is 12.4. The van der Waals surface area contributed by atoms with E-state index in [1.165, 1.54) is 0 Å². The fraction of sp³-hybridized carbons (Fsp3) is 0.353. The van der Waals surface area contributed by atoms with Crippen LogP contribution in [0.4, 0.5) is 5.82 Å². The number of nitrogens with zero attached hydrogens (tertiary/aromatic N) is 4. The molecule has 0 radical (unpaired) electrons. The highest BCUT2D eigenvalue weighted by Gasteiger charge is 2.23. The molecule has 0 unspecified atom stereocenters. The van der Waals surface area contributed by atoms with E-state index in [1.807, 2.05) is 42.2 Å². The topological polar surface area (TPSA) is 49.3 Å². The van der Waals surface area contributed by atoms with Gasteiger partial charge in [0.25, 0.3) is 5.91 Å². The second kappa shape index (κ2) is 6.13. The van der Waals surface area contributed by atoms with Gasteiger partial charge < -0.3 is 9.80 Å². The SMILES string of the molecule is Cc1cnnc(N2CCN(C(=O)c3ccccc3)CC2)c1C. The van der Waals surface area contributed by atoms with E-state index < -0.39 is 0 Å². The number of hydrogen-bond acceptors (Lipinski definition) is 4. The largest absolute Gasteiger partial charge is 0.351 e. The predicted octanol–water partition coefficient (Wildman–Crippen LogP) is 2.06. The molecule has 1 fully saturated rings. The first-order valence-electron chi connectivity index (χ1n) is 7.55. The molecule has 3 rings (SSSR count). The van der Waals surface area contributed by atoms with Gasteiger partial charge in [0, 0.05) is 31.7 Å². The van der Waals surface area contributed by atoms with Crippen molar-refractivity contribution in [3.8, 4) is 0 Å². The van der Waals surface area contributed by atoms with Crippen molar-refractivity contribution in [2.24, 2.45) is 0 Å². The third-order valence-corrected chi connectivity index (χ3v) is 4.22. The van der Waals surface area contributed by atoms with Crippen LogP contribution in [0.1, 0.15) is 21.5 Å². The molecule has 2 aromatic rings. The van der Waals surface area contributed by atoms with E-state index in [1.54, 1.807) is 6.20 Å². The molecule has 1 amide bonds. The Kier molecular flexibility index (Phi) is 4.04.